The summed E-state index contributed by atoms with van der Waals surface area (Å²) < 4.78 is 3.84. The van der Waals surface area contributed by atoms with Crippen molar-refractivity contribution in [3.63, 3.8) is 0 Å². The molecular weight excluding hydrogens is 380 g/mol. The van der Waals surface area contributed by atoms with Crippen molar-refractivity contribution in [2.75, 3.05) is 0 Å². The standard InChI is InChI=1S/C23H18N4OS/c1-16-24-19-12-6-5-11-18(19)22(28)26(16)15-29-23-25-20-13-7-8-14-21(20)27(23)17-9-3-2-4-10-17/h2-14H,15H2,1H3. The van der Waals surface area contributed by atoms with Crippen molar-refractivity contribution in [3.8, 4) is 5.69 Å². The molecule has 0 aliphatic rings. The number of hydrogen-bond acceptors (Lipinski definition) is 4. The molecule has 0 N–H and O–H groups in total. The number of imidazole rings is 1. The maximum absolute atomic E-state index is 13.0. The predicted molar refractivity (Wildman–Crippen MR) is 118 cm³/mol. The van der Waals surface area contributed by atoms with Crippen molar-refractivity contribution in [1.29, 1.82) is 0 Å². The molecule has 5 nitrogen and oxygen atoms in total. The molecule has 0 saturated heterocycles. The number of rotatable bonds is 4. The molecule has 0 radical (unpaired) electrons. The number of para-hydroxylation sites is 4. The zero-order chi connectivity index (χ0) is 19.8. The molecule has 3 aromatic carbocycles. The van der Waals surface area contributed by atoms with Gasteiger partial charge >= 0.3 is 0 Å². The molecule has 5 aromatic rings. The normalized spacial score (nSPS) is 11.3. The van der Waals surface area contributed by atoms with Gasteiger partial charge in [-0.1, -0.05) is 54.2 Å². The lowest BCUT2D eigenvalue weighted by atomic mass is 10.2. The average molecular weight is 398 g/mol. The molecule has 0 spiro atoms. The van der Waals surface area contributed by atoms with Gasteiger partial charge in [0.15, 0.2) is 5.16 Å². The summed E-state index contributed by atoms with van der Waals surface area (Å²) in [5.74, 6) is 1.14. The third kappa shape index (κ3) is 3.11. The summed E-state index contributed by atoms with van der Waals surface area (Å²) in [4.78, 5) is 22.4. The highest BCUT2D eigenvalue weighted by atomic mass is 32.2. The Hall–Kier alpha value is -3.38. The van der Waals surface area contributed by atoms with Crippen LogP contribution in [0.2, 0.25) is 0 Å². The summed E-state index contributed by atoms with van der Waals surface area (Å²) in [5.41, 5.74) is 3.72. The molecule has 0 aliphatic carbocycles. The molecule has 29 heavy (non-hydrogen) atoms. The van der Waals surface area contributed by atoms with Gasteiger partial charge in [0, 0.05) is 5.69 Å². The van der Waals surface area contributed by atoms with Crippen LogP contribution in [0.3, 0.4) is 0 Å². The Morgan fingerprint density at radius 3 is 2.34 bits per heavy atom. The molecule has 0 atom stereocenters. The first kappa shape index (κ1) is 17.7. The zero-order valence-electron chi connectivity index (χ0n) is 15.8. The molecule has 0 saturated carbocycles. The highest BCUT2D eigenvalue weighted by Crippen LogP contribution is 2.28. The maximum atomic E-state index is 13.0. The summed E-state index contributed by atoms with van der Waals surface area (Å²) in [6.45, 7) is 1.87. The maximum Gasteiger partial charge on any atom is 0.262 e. The van der Waals surface area contributed by atoms with Crippen molar-refractivity contribution >= 4 is 33.7 Å². The van der Waals surface area contributed by atoms with E-state index in [1.807, 2.05) is 67.6 Å². The minimum absolute atomic E-state index is 0.0250. The van der Waals surface area contributed by atoms with Crippen LogP contribution in [0, 0.1) is 6.92 Å². The molecule has 0 bridgehead atoms. The van der Waals surface area contributed by atoms with E-state index >= 15 is 0 Å². The van der Waals surface area contributed by atoms with Crippen LogP contribution in [0.1, 0.15) is 5.82 Å². The van der Waals surface area contributed by atoms with E-state index in [0.717, 1.165) is 27.4 Å². The first-order chi connectivity index (χ1) is 14.2. The average Bonchev–Trinajstić information content (AvgIpc) is 3.12. The van der Waals surface area contributed by atoms with E-state index in [-0.39, 0.29) is 5.56 Å². The molecule has 2 aromatic heterocycles. The molecular formula is C23H18N4OS. The first-order valence-electron chi connectivity index (χ1n) is 9.34. The second-order valence-electron chi connectivity index (χ2n) is 6.74. The van der Waals surface area contributed by atoms with Crippen molar-refractivity contribution in [1.82, 2.24) is 19.1 Å². The first-order valence-corrected chi connectivity index (χ1v) is 10.3. The molecule has 5 rings (SSSR count). The molecule has 0 fully saturated rings. The van der Waals surface area contributed by atoms with Gasteiger partial charge < -0.3 is 0 Å². The zero-order valence-corrected chi connectivity index (χ0v) is 16.6. The van der Waals surface area contributed by atoms with Gasteiger partial charge in [0.25, 0.3) is 5.56 Å². The summed E-state index contributed by atoms with van der Waals surface area (Å²) in [7, 11) is 0. The van der Waals surface area contributed by atoms with E-state index in [1.54, 1.807) is 4.57 Å². The fraction of sp³-hybridized carbons (Fsp3) is 0.0870. The number of hydrogen-bond donors (Lipinski definition) is 0. The van der Waals surface area contributed by atoms with E-state index in [1.165, 1.54) is 11.8 Å². The number of aryl methyl sites for hydroxylation is 1. The van der Waals surface area contributed by atoms with Gasteiger partial charge in [-0.25, -0.2) is 9.97 Å². The Morgan fingerprint density at radius 2 is 1.52 bits per heavy atom. The predicted octanol–water partition coefficient (Wildman–Crippen LogP) is 4.79. The van der Waals surface area contributed by atoms with Gasteiger partial charge in [-0.15, -0.1) is 0 Å². The van der Waals surface area contributed by atoms with Gasteiger partial charge in [-0.05, 0) is 43.3 Å². The van der Waals surface area contributed by atoms with Gasteiger partial charge in [0.05, 0.1) is 27.8 Å². The molecule has 0 amide bonds. The van der Waals surface area contributed by atoms with E-state index < -0.39 is 0 Å². The second kappa shape index (κ2) is 7.22. The topological polar surface area (TPSA) is 52.7 Å². The summed E-state index contributed by atoms with van der Waals surface area (Å²) in [5, 5.41) is 1.48. The Kier molecular flexibility index (Phi) is 4.41. The monoisotopic (exact) mass is 398 g/mol. The van der Waals surface area contributed by atoms with Gasteiger partial charge in [-0.3, -0.25) is 13.9 Å². The Balaban J connectivity index is 1.59. The van der Waals surface area contributed by atoms with Crippen molar-refractivity contribution in [3.05, 3.63) is 95.0 Å². The Bertz CT molecular complexity index is 1390. The number of thioether (sulfide) groups is 1. The Morgan fingerprint density at radius 1 is 0.828 bits per heavy atom. The van der Waals surface area contributed by atoms with Crippen LogP contribution in [-0.4, -0.2) is 19.1 Å². The smallest absolute Gasteiger partial charge is 0.262 e. The SMILES string of the molecule is Cc1nc2ccccc2c(=O)n1CSc1nc2ccccc2n1-c1ccccc1. The lowest BCUT2D eigenvalue weighted by molar-refractivity contribution is 0.771. The van der Waals surface area contributed by atoms with Crippen molar-refractivity contribution < 1.29 is 0 Å². The lowest BCUT2D eigenvalue weighted by Gasteiger charge is -2.12. The third-order valence-electron chi connectivity index (χ3n) is 4.92. The highest BCUT2D eigenvalue weighted by molar-refractivity contribution is 7.98. The second-order valence-corrected chi connectivity index (χ2v) is 7.65. The van der Waals surface area contributed by atoms with Crippen molar-refractivity contribution in [2.45, 2.75) is 18.0 Å². The van der Waals surface area contributed by atoms with Crippen LogP contribution < -0.4 is 5.56 Å². The fourth-order valence-corrected chi connectivity index (χ4v) is 4.53. The van der Waals surface area contributed by atoms with E-state index in [9.17, 15) is 4.79 Å². The lowest BCUT2D eigenvalue weighted by Crippen LogP contribution is -2.23. The highest BCUT2D eigenvalue weighted by Gasteiger charge is 2.14. The number of fused-ring (bicyclic) bond motifs is 2. The van der Waals surface area contributed by atoms with Crippen LogP contribution in [0.5, 0.6) is 0 Å². The number of nitrogens with zero attached hydrogens (tertiary/aromatic N) is 4. The minimum Gasteiger partial charge on any atom is -0.287 e. The fourth-order valence-electron chi connectivity index (χ4n) is 3.48. The van der Waals surface area contributed by atoms with Crippen LogP contribution in [-0.2, 0) is 5.88 Å². The van der Waals surface area contributed by atoms with Crippen LogP contribution in [0.15, 0.2) is 88.8 Å². The minimum atomic E-state index is -0.0250. The van der Waals surface area contributed by atoms with Crippen molar-refractivity contribution in [2.24, 2.45) is 0 Å². The summed E-state index contributed by atoms with van der Waals surface area (Å²) in [6.07, 6.45) is 0. The van der Waals surface area contributed by atoms with Gasteiger partial charge in [-0.2, -0.15) is 0 Å². The molecule has 0 aliphatic heterocycles. The summed E-state index contributed by atoms with van der Waals surface area (Å²) >= 11 is 1.53. The van der Waals surface area contributed by atoms with Crippen LogP contribution in [0.4, 0.5) is 0 Å². The number of benzene rings is 3. The van der Waals surface area contributed by atoms with E-state index in [2.05, 4.69) is 27.8 Å². The van der Waals surface area contributed by atoms with Gasteiger partial charge in [0.2, 0.25) is 0 Å². The van der Waals surface area contributed by atoms with E-state index in [4.69, 9.17) is 4.98 Å². The molecule has 6 heteroatoms. The molecule has 0 unspecified atom stereocenters. The van der Waals surface area contributed by atoms with E-state index in [0.29, 0.717) is 17.1 Å². The van der Waals surface area contributed by atoms with Gasteiger partial charge in [0.1, 0.15) is 5.82 Å². The summed E-state index contributed by atoms with van der Waals surface area (Å²) in [6, 6.07) is 25.7. The Labute approximate surface area is 171 Å². The van der Waals surface area contributed by atoms with Crippen LogP contribution >= 0.6 is 11.8 Å². The largest absolute Gasteiger partial charge is 0.287 e. The third-order valence-corrected chi connectivity index (χ3v) is 5.84. The molecule has 2 heterocycles. The van der Waals surface area contributed by atoms with Crippen LogP contribution in [0.25, 0.3) is 27.6 Å². The number of aromatic nitrogens is 4. The quantitative estimate of drug-likeness (QED) is 0.408. The molecule has 142 valence electrons.